The number of amides is 3. The van der Waals surface area contributed by atoms with Crippen LogP contribution in [0, 0.1) is 5.92 Å². The van der Waals surface area contributed by atoms with Crippen LogP contribution in [0.2, 0.25) is 0 Å². The van der Waals surface area contributed by atoms with Crippen LogP contribution in [0.1, 0.15) is 91.7 Å². The van der Waals surface area contributed by atoms with Crippen LogP contribution >= 0.6 is 0 Å². The molecule has 0 aliphatic heterocycles. The van der Waals surface area contributed by atoms with Gasteiger partial charge in [0, 0.05) is 12.3 Å². The lowest BCUT2D eigenvalue weighted by atomic mass is 9.98. The summed E-state index contributed by atoms with van der Waals surface area (Å²) in [5.41, 5.74) is 2.29. The van der Waals surface area contributed by atoms with Crippen LogP contribution in [0.3, 0.4) is 0 Å². The highest BCUT2D eigenvalue weighted by atomic mass is 16.6. The van der Waals surface area contributed by atoms with Gasteiger partial charge in [0.15, 0.2) is 0 Å². The normalized spacial score (nSPS) is 14.3. The molecule has 0 unspecified atom stereocenters. The third-order valence-electron chi connectivity index (χ3n) is 7.66. The highest BCUT2D eigenvalue weighted by Gasteiger charge is 2.34. The van der Waals surface area contributed by atoms with Crippen molar-refractivity contribution >= 4 is 35.8 Å². The number of carboxylic acid groups (broad SMARTS) is 1. The Morgan fingerprint density at radius 2 is 1.22 bits per heavy atom. The fourth-order valence-corrected chi connectivity index (χ4v) is 5.50. The van der Waals surface area contributed by atoms with Gasteiger partial charge in [-0.15, -0.1) is 0 Å². The van der Waals surface area contributed by atoms with Crippen molar-refractivity contribution in [3.05, 3.63) is 59.7 Å². The van der Waals surface area contributed by atoms with Crippen LogP contribution in [0.4, 0.5) is 4.79 Å². The molecular weight excluding hydrogens is 646 g/mol. The van der Waals surface area contributed by atoms with E-state index >= 15 is 0 Å². The molecule has 0 aromatic heterocycles. The Labute approximate surface area is 292 Å². The van der Waals surface area contributed by atoms with Crippen molar-refractivity contribution in [1.29, 1.82) is 0 Å². The molecule has 272 valence electrons. The maximum absolute atomic E-state index is 13.7. The van der Waals surface area contributed by atoms with Gasteiger partial charge in [0.25, 0.3) is 0 Å². The molecule has 2 aromatic carbocycles. The van der Waals surface area contributed by atoms with Crippen LogP contribution < -0.4 is 16.0 Å². The van der Waals surface area contributed by atoms with E-state index in [1.165, 1.54) is 0 Å². The van der Waals surface area contributed by atoms with Gasteiger partial charge in [-0.25, -0.2) is 9.59 Å². The van der Waals surface area contributed by atoms with Gasteiger partial charge >= 0.3 is 24.0 Å². The number of hydrogen-bond acceptors (Lipinski definition) is 9. The highest BCUT2D eigenvalue weighted by Crippen LogP contribution is 2.44. The maximum atomic E-state index is 13.7. The quantitative estimate of drug-likeness (QED) is 0.162. The second kappa shape index (κ2) is 16.6. The molecule has 3 rings (SSSR count). The Bertz CT molecular complexity index is 1530. The molecule has 0 bridgehead atoms. The summed E-state index contributed by atoms with van der Waals surface area (Å²) in [5.74, 6) is -5.35. The average molecular weight is 696 g/mol. The van der Waals surface area contributed by atoms with Gasteiger partial charge < -0.3 is 35.3 Å². The summed E-state index contributed by atoms with van der Waals surface area (Å²) >= 11 is 0. The van der Waals surface area contributed by atoms with Crippen molar-refractivity contribution in [2.24, 2.45) is 5.92 Å². The van der Waals surface area contributed by atoms with Gasteiger partial charge in [-0.1, -0.05) is 62.4 Å². The first kappa shape index (κ1) is 39.5. The lowest BCUT2D eigenvalue weighted by Gasteiger charge is -2.26. The summed E-state index contributed by atoms with van der Waals surface area (Å²) in [5, 5.41) is 17.0. The number of carboxylic acids is 1. The zero-order chi connectivity index (χ0) is 37.4. The van der Waals surface area contributed by atoms with Gasteiger partial charge in [0.05, 0.1) is 6.42 Å². The summed E-state index contributed by atoms with van der Waals surface area (Å²) in [6.45, 7) is 13.1. The van der Waals surface area contributed by atoms with E-state index in [1.54, 1.807) is 55.4 Å². The minimum absolute atomic E-state index is 0.0622. The molecule has 1 aliphatic rings. The summed E-state index contributed by atoms with van der Waals surface area (Å²) < 4.78 is 16.3. The molecule has 50 heavy (non-hydrogen) atoms. The predicted molar refractivity (Wildman–Crippen MR) is 184 cm³/mol. The zero-order valence-corrected chi connectivity index (χ0v) is 30.0. The van der Waals surface area contributed by atoms with Gasteiger partial charge in [-0.05, 0) is 76.1 Å². The number of fused-ring (bicyclic) bond motifs is 3. The number of ether oxygens (including phenoxy) is 3. The molecule has 0 saturated carbocycles. The molecule has 1 aliphatic carbocycles. The van der Waals surface area contributed by atoms with Crippen molar-refractivity contribution in [2.75, 3.05) is 6.61 Å². The molecule has 0 saturated heterocycles. The number of carbonyl (C=O) groups excluding carboxylic acids is 5. The molecule has 3 amide bonds. The second-order valence-electron chi connectivity index (χ2n) is 14.6. The number of alkyl carbamates (subject to hydrolysis) is 1. The maximum Gasteiger partial charge on any atom is 0.407 e. The number of hydrogen-bond donors (Lipinski definition) is 4. The molecule has 13 heteroatoms. The number of aliphatic carboxylic acids is 1. The Kier molecular flexibility index (Phi) is 13.1. The van der Waals surface area contributed by atoms with Gasteiger partial charge in [-0.3, -0.25) is 19.2 Å². The third kappa shape index (κ3) is 11.6. The Morgan fingerprint density at radius 3 is 1.72 bits per heavy atom. The standard InChI is InChI=1S/C37H49N3O10/c1-21(2)31(34(45)46)40-32(43)27(17-18-29(41)49-36(3,4)5)38-33(44)28(19-30(42)50-37(6,7)8)39-35(47)48-20-26-24-15-11-9-13-22(24)23-14-10-12-16-25(23)26/h9-16,21,26-28,31H,17-20H2,1-8H3,(H,38,44)(H,39,47)(H,40,43)(H,45,46)/t27-,28-,31-/m0/s1. The molecular formula is C37H49N3O10. The predicted octanol–water partition coefficient (Wildman–Crippen LogP) is 4.46. The van der Waals surface area contributed by atoms with Crippen LogP contribution in [0.25, 0.3) is 11.1 Å². The van der Waals surface area contributed by atoms with Gasteiger partial charge in [-0.2, -0.15) is 0 Å². The van der Waals surface area contributed by atoms with E-state index in [1.807, 2.05) is 48.5 Å². The second-order valence-corrected chi connectivity index (χ2v) is 14.6. The summed E-state index contributed by atoms with van der Waals surface area (Å²) in [6, 6.07) is 11.3. The van der Waals surface area contributed by atoms with E-state index in [4.69, 9.17) is 14.2 Å². The highest BCUT2D eigenvalue weighted by molar-refractivity contribution is 5.95. The van der Waals surface area contributed by atoms with E-state index in [2.05, 4.69) is 16.0 Å². The summed E-state index contributed by atoms with van der Waals surface area (Å²) in [7, 11) is 0. The van der Waals surface area contributed by atoms with E-state index in [9.17, 15) is 33.9 Å². The third-order valence-corrected chi connectivity index (χ3v) is 7.66. The van der Waals surface area contributed by atoms with Crippen LogP contribution in [0.15, 0.2) is 48.5 Å². The first-order chi connectivity index (χ1) is 23.3. The fraction of sp³-hybridized carbons (Fsp3) is 0.514. The number of benzene rings is 2. The first-order valence-corrected chi connectivity index (χ1v) is 16.6. The topological polar surface area (TPSA) is 186 Å². The smallest absolute Gasteiger partial charge is 0.407 e. The minimum Gasteiger partial charge on any atom is -0.480 e. The van der Waals surface area contributed by atoms with Crippen molar-refractivity contribution in [2.45, 2.75) is 110 Å². The molecule has 0 spiro atoms. The van der Waals surface area contributed by atoms with E-state index in [0.29, 0.717) is 0 Å². The van der Waals surface area contributed by atoms with Crippen molar-refractivity contribution in [3.8, 4) is 11.1 Å². The van der Waals surface area contributed by atoms with Crippen molar-refractivity contribution in [3.63, 3.8) is 0 Å². The van der Waals surface area contributed by atoms with Crippen molar-refractivity contribution in [1.82, 2.24) is 16.0 Å². The Morgan fingerprint density at radius 1 is 0.720 bits per heavy atom. The Hall–Kier alpha value is -4.94. The van der Waals surface area contributed by atoms with E-state index in [-0.39, 0.29) is 25.4 Å². The molecule has 4 N–H and O–H groups in total. The fourth-order valence-electron chi connectivity index (χ4n) is 5.50. The number of esters is 2. The SMILES string of the molecule is CC(C)[C@H](NC(=O)[C@H](CCC(=O)OC(C)(C)C)NC(=O)[C@H](CC(=O)OC(C)(C)C)NC(=O)OCC1c2ccccc2-c2ccccc21)C(=O)O. The van der Waals surface area contributed by atoms with Crippen LogP contribution in [-0.4, -0.2) is 76.9 Å². The average Bonchev–Trinajstić information content (AvgIpc) is 3.31. The molecule has 2 aromatic rings. The lowest BCUT2D eigenvalue weighted by molar-refractivity contribution is -0.156. The van der Waals surface area contributed by atoms with Crippen LogP contribution in [0.5, 0.6) is 0 Å². The molecule has 0 fully saturated rings. The van der Waals surface area contributed by atoms with E-state index in [0.717, 1.165) is 22.3 Å². The lowest BCUT2D eigenvalue weighted by Crippen LogP contribution is -2.57. The molecule has 3 atom stereocenters. The van der Waals surface area contributed by atoms with E-state index < -0.39 is 77.5 Å². The zero-order valence-electron chi connectivity index (χ0n) is 30.0. The van der Waals surface area contributed by atoms with Crippen LogP contribution in [-0.2, 0) is 38.2 Å². The number of carbonyl (C=O) groups is 6. The largest absolute Gasteiger partial charge is 0.480 e. The minimum atomic E-state index is -1.56. The Balaban J connectivity index is 1.81. The van der Waals surface area contributed by atoms with Crippen molar-refractivity contribution < 1.29 is 48.1 Å². The monoisotopic (exact) mass is 695 g/mol. The summed E-state index contributed by atoms with van der Waals surface area (Å²) in [6.07, 6.45) is -2.17. The molecule has 0 heterocycles. The first-order valence-electron chi connectivity index (χ1n) is 16.6. The number of nitrogens with one attached hydrogen (secondary N) is 3. The van der Waals surface area contributed by atoms with Gasteiger partial charge in [0.1, 0.15) is 35.9 Å². The molecule has 0 radical (unpaired) electrons. The van der Waals surface area contributed by atoms with Gasteiger partial charge in [0.2, 0.25) is 11.8 Å². The summed E-state index contributed by atoms with van der Waals surface area (Å²) in [4.78, 5) is 77.4. The number of rotatable bonds is 14. The molecule has 13 nitrogen and oxygen atoms in total.